The van der Waals surface area contributed by atoms with Gasteiger partial charge >= 0.3 is 0 Å². The van der Waals surface area contributed by atoms with Crippen molar-refractivity contribution < 1.29 is 4.79 Å². The Morgan fingerprint density at radius 2 is 1.27 bits per heavy atom. The highest BCUT2D eigenvalue weighted by atomic mass is 16.2. The first kappa shape index (κ1) is 25.4. The number of hydrogen-bond donors (Lipinski definition) is 3. The van der Waals surface area contributed by atoms with E-state index in [1.54, 1.807) is 0 Å². The molecule has 156 valence electrons. The Balaban J connectivity index is 3.75. The van der Waals surface area contributed by atoms with Crippen LogP contribution in [0.5, 0.6) is 0 Å². The first-order valence-corrected chi connectivity index (χ1v) is 11.1. The van der Waals surface area contributed by atoms with Crippen LogP contribution in [0.25, 0.3) is 0 Å². The van der Waals surface area contributed by atoms with Gasteiger partial charge in [0, 0.05) is 19.5 Å². The lowest BCUT2D eigenvalue weighted by Gasteiger charge is -2.23. The Bertz CT molecular complexity index is 300. The summed E-state index contributed by atoms with van der Waals surface area (Å²) in [6.45, 7) is 7.19. The lowest BCUT2D eigenvalue weighted by atomic mass is 10.1. The molecule has 0 aliphatic carbocycles. The molecule has 0 heterocycles. The van der Waals surface area contributed by atoms with E-state index in [2.05, 4.69) is 12.2 Å². The number of nitrogens with two attached hydrogens (primary N) is 2. The average Bonchev–Trinajstić information content (AvgIpc) is 2.65. The fourth-order valence-corrected chi connectivity index (χ4v) is 3.14. The molecule has 0 radical (unpaired) electrons. The van der Waals surface area contributed by atoms with Crippen molar-refractivity contribution in [3.63, 3.8) is 0 Å². The van der Waals surface area contributed by atoms with Crippen LogP contribution in [0.1, 0.15) is 90.4 Å². The molecule has 0 saturated heterocycles. The van der Waals surface area contributed by atoms with Gasteiger partial charge < -0.3 is 21.7 Å². The smallest absolute Gasteiger partial charge is 0.222 e. The zero-order valence-electron chi connectivity index (χ0n) is 17.4. The molecule has 5 heteroatoms. The van der Waals surface area contributed by atoms with Gasteiger partial charge in [0.15, 0.2) is 0 Å². The molecule has 0 unspecified atom stereocenters. The molecule has 0 bridgehead atoms. The van der Waals surface area contributed by atoms with E-state index in [0.717, 1.165) is 58.4 Å². The molecule has 0 aromatic rings. The summed E-state index contributed by atoms with van der Waals surface area (Å²) in [4.78, 5) is 14.5. The fourth-order valence-electron chi connectivity index (χ4n) is 3.14. The summed E-state index contributed by atoms with van der Waals surface area (Å²) >= 11 is 0. The summed E-state index contributed by atoms with van der Waals surface area (Å²) in [5.41, 5.74) is 11.1. The Morgan fingerprint density at radius 3 is 1.88 bits per heavy atom. The first-order chi connectivity index (χ1) is 12.8. The third-order valence-corrected chi connectivity index (χ3v) is 4.82. The van der Waals surface area contributed by atoms with Gasteiger partial charge in [0.25, 0.3) is 0 Å². The van der Waals surface area contributed by atoms with Crippen LogP contribution in [-0.4, -0.2) is 50.1 Å². The van der Waals surface area contributed by atoms with Crippen LogP contribution in [0.4, 0.5) is 0 Å². The summed E-state index contributed by atoms with van der Waals surface area (Å²) in [5.74, 6) is 0.309. The predicted molar refractivity (Wildman–Crippen MR) is 113 cm³/mol. The molecular weight excluding hydrogens is 324 g/mol. The normalized spacial score (nSPS) is 11.0. The number of amides is 1. The molecule has 5 nitrogen and oxygen atoms in total. The van der Waals surface area contributed by atoms with Gasteiger partial charge in [-0.3, -0.25) is 4.79 Å². The van der Waals surface area contributed by atoms with E-state index >= 15 is 0 Å². The standard InChI is InChI=1S/C21H46N4O/c1-2-3-4-5-6-7-8-9-10-14-21(26)25(19-12-16-23)20-13-18-24-17-11-15-22/h24H,2-20,22-23H2,1H3. The zero-order valence-corrected chi connectivity index (χ0v) is 17.4. The monoisotopic (exact) mass is 370 g/mol. The average molecular weight is 371 g/mol. The lowest BCUT2D eigenvalue weighted by molar-refractivity contribution is -0.131. The van der Waals surface area contributed by atoms with Crippen LogP contribution < -0.4 is 16.8 Å². The molecule has 1 amide bonds. The second-order valence-electron chi connectivity index (χ2n) is 7.35. The Kier molecular flexibility index (Phi) is 20.1. The summed E-state index contributed by atoms with van der Waals surface area (Å²) in [5, 5.41) is 3.38. The lowest BCUT2D eigenvalue weighted by Crippen LogP contribution is -2.35. The minimum absolute atomic E-state index is 0.309. The Hall–Kier alpha value is -0.650. The van der Waals surface area contributed by atoms with Gasteiger partial charge in [0.2, 0.25) is 5.91 Å². The Morgan fingerprint density at radius 1 is 0.731 bits per heavy atom. The number of carbonyl (C=O) groups is 1. The number of nitrogens with zero attached hydrogens (tertiary/aromatic N) is 1. The quantitative estimate of drug-likeness (QED) is 0.287. The molecule has 0 aliphatic heterocycles. The van der Waals surface area contributed by atoms with Crippen molar-refractivity contribution in [2.45, 2.75) is 90.4 Å². The number of rotatable bonds is 20. The third kappa shape index (κ3) is 16.8. The highest BCUT2D eigenvalue weighted by molar-refractivity contribution is 5.76. The molecule has 0 rings (SSSR count). The maximum Gasteiger partial charge on any atom is 0.222 e. The van der Waals surface area contributed by atoms with Crippen molar-refractivity contribution in [3.8, 4) is 0 Å². The van der Waals surface area contributed by atoms with E-state index in [1.807, 2.05) is 4.90 Å². The Labute approximate surface area is 162 Å². The second kappa shape index (κ2) is 20.7. The van der Waals surface area contributed by atoms with Crippen molar-refractivity contribution >= 4 is 5.91 Å². The van der Waals surface area contributed by atoms with Crippen LogP contribution in [-0.2, 0) is 4.79 Å². The van der Waals surface area contributed by atoms with Gasteiger partial charge in [-0.15, -0.1) is 0 Å². The summed E-state index contributed by atoms with van der Waals surface area (Å²) in [7, 11) is 0. The van der Waals surface area contributed by atoms with Crippen molar-refractivity contribution in [2.75, 3.05) is 39.3 Å². The minimum Gasteiger partial charge on any atom is -0.343 e. The molecule has 0 saturated carbocycles. The van der Waals surface area contributed by atoms with Crippen molar-refractivity contribution in [1.29, 1.82) is 0 Å². The van der Waals surface area contributed by atoms with Crippen LogP contribution in [0.15, 0.2) is 0 Å². The third-order valence-electron chi connectivity index (χ3n) is 4.82. The minimum atomic E-state index is 0.309. The van der Waals surface area contributed by atoms with Gasteiger partial charge in [0.05, 0.1) is 0 Å². The highest BCUT2D eigenvalue weighted by Crippen LogP contribution is 2.11. The van der Waals surface area contributed by atoms with Gasteiger partial charge in [-0.1, -0.05) is 58.3 Å². The van der Waals surface area contributed by atoms with Crippen molar-refractivity contribution in [3.05, 3.63) is 0 Å². The number of hydrogen-bond acceptors (Lipinski definition) is 4. The summed E-state index contributed by atoms with van der Waals surface area (Å²) in [6, 6.07) is 0. The SMILES string of the molecule is CCCCCCCCCCCC(=O)N(CCCN)CCCNCCCN. The maximum absolute atomic E-state index is 12.5. The van der Waals surface area contributed by atoms with Crippen LogP contribution >= 0.6 is 0 Å². The highest BCUT2D eigenvalue weighted by Gasteiger charge is 2.12. The molecule has 0 aromatic carbocycles. The van der Waals surface area contributed by atoms with Gasteiger partial charge in [-0.25, -0.2) is 0 Å². The molecule has 26 heavy (non-hydrogen) atoms. The summed E-state index contributed by atoms with van der Waals surface area (Å²) < 4.78 is 0. The maximum atomic E-state index is 12.5. The topological polar surface area (TPSA) is 84.4 Å². The van der Waals surface area contributed by atoms with E-state index in [1.165, 1.54) is 51.4 Å². The molecule has 0 aromatic heterocycles. The molecule has 0 fully saturated rings. The van der Waals surface area contributed by atoms with Crippen molar-refractivity contribution in [2.24, 2.45) is 11.5 Å². The number of carbonyl (C=O) groups excluding carboxylic acids is 1. The second-order valence-corrected chi connectivity index (χ2v) is 7.35. The largest absolute Gasteiger partial charge is 0.343 e. The first-order valence-electron chi connectivity index (χ1n) is 11.1. The fraction of sp³-hybridized carbons (Fsp3) is 0.952. The van der Waals surface area contributed by atoms with Gasteiger partial charge in [-0.05, 0) is 51.9 Å². The van der Waals surface area contributed by atoms with E-state index in [4.69, 9.17) is 11.5 Å². The number of nitrogens with one attached hydrogen (secondary N) is 1. The van der Waals surface area contributed by atoms with Crippen LogP contribution in [0.3, 0.4) is 0 Å². The molecule has 5 N–H and O–H groups in total. The molecular formula is C21H46N4O. The summed E-state index contributed by atoms with van der Waals surface area (Å²) in [6.07, 6.45) is 15.2. The van der Waals surface area contributed by atoms with Gasteiger partial charge in [-0.2, -0.15) is 0 Å². The predicted octanol–water partition coefficient (Wildman–Crippen LogP) is 3.41. The molecule has 0 atom stereocenters. The molecule has 0 spiro atoms. The molecule has 0 aliphatic rings. The van der Waals surface area contributed by atoms with E-state index in [9.17, 15) is 4.79 Å². The number of unbranched alkanes of at least 4 members (excludes halogenated alkanes) is 8. The van der Waals surface area contributed by atoms with Crippen LogP contribution in [0.2, 0.25) is 0 Å². The van der Waals surface area contributed by atoms with E-state index in [0.29, 0.717) is 18.9 Å². The zero-order chi connectivity index (χ0) is 19.3. The van der Waals surface area contributed by atoms with E-state index < -0.39 is 0 Å². The van der Waals surface area contributed by atoms with E-state index in [-0.39, 0.29) is 0 Å². The van der Waals surface area contributed by atoms with Crippen molar-refractivity contribution in [1.82, 2.24) is 10.2 Å². The van der Waals surface area contributed by atoms with Gasteiger partial charge in [0.1, 0.15) is 0 Å². The van der Waals surface area contributed by atoms with Crippen LogP contribution in [0, 0.1) is 0 Å².